The van der Waals surface area contributed by atoms with Crippen LogP contribution < -0.4 is 11.5 Å². The molecule has 0 saturated carbocycles. The SMILES string of the molecule is Cl.NC(=O)c1cc(F)ccc1C[C@H](N)CO. The first kappa shape index (κ1) is 14.8. The normalized spacial score (nSPS) is 11.7. The van der Waals surface area contributed by atoms with Gasteiger partial charge >= 0.3 is 0 Å². The average molecular weight is 249 g/mol. The van der Waals surface area contributed by atoms with Crippen LogP contribution in [0.1, 0.15) is 15.9 Å². The maximum Gasteiger partial charge on any atom is 0.249 e. The molecule has 5 N–H and O–H groups in total. The second-order valence-electron chi connectivity index (χ2n) is 3.31. The number of aliphatic hydroxyl groups is 1. The summed E-state index contributed by atoms with van der Waals surface area (Å²) in [6.07, 6.45) is 0.287. The number of halogens is 2. The molecule has 1 aromatic carbocycles. The zero-order valence-corrected chi connectivity index (χ0v) is 9.34. The van der Waals surface area contributed by atoms with Crippen molar-refractivity contribution in [3.05, 3.63) is 35.1 Å². The summed E-state index contributed by atoms with van der Waals surface area (Å²) in [6, 6.07) is 3.27. The van der Waals surface area contributed by atoms with Crippen LogP contribution in [0.2, 0.25) is 0 Å². The second kappa shape index (κ2) is 6.42. The quantitative estimate of drug-likeness (QED) is 0.712. The first-order valence-electron chi connectivity index (χ1n) is 4.49. The number of hydrogen-bond acceptors (Lipinski definition) is 3. The molecule has 0 aliphatic carbocycles. The van der Waals surface area contributed by atoms with E-state index >= 15 is 0 Å². The molecule has 0 aromatic heterocycles. The lowest BCUT2D eigenvalue weighted by molar-refractivity contribution is 0.0998. The Bertz CT molecular complexity index is 374. The average Bonchev–Trinajstić information content (AvgIpc) is 2.20. The van der Waals surface area contributed by atoms with Crippen molar-refractivity contribution in [3.63, 3.8) is 0 Å². The number of hydrogen-bond donors (Lipinski definition) is 3. The summed E-state index contributed by atoms with van der Waals surface area (Å²) < 4.78 is 12.8. The summed E-state index contributed by atoms with van der Waals surface area (Å²) in [4.78, 5) is 11.0. The van der Waals surface area contributed by atoms with Gasteiger partial charge in [0, 0.05) is 11.6 Å². The molecule has 0 radical (unpaired) electrons. The van der Waals surface area contributed by atoms with Crippen molar-refractivity contribution in [2.75, 3.05) is 6.61 Å². The molecule has 1 aromatic rings. The summed E-state index contributed by atoms with van der Waals surface area (Å²) in [6.45, 7) is -0.199. The van der Waals surface area contributed by atoms with Gasteiger partial charge in [-0.3, -0.25) is 4.79 Å². The van der Waals surface area contributed by atoms with Crippen LogP contribution in [0, 0.1) is 5.82 Å². The predicted molar refractivity (Wildman–Crippen MR) is 60.9 cm³/mol. The van der Waals surface area contributed by atoms with Crippen LogP contribution in [0.3, 0.4) is 0 Å². The molecule has 0 aliphatic rings. The molecule has 0 aliphatic heterocycles. The van der Waals surface area contributed by atoms with E-state index in [9.17, 15) is 9.18 Å². The van der Waals surface area contributed by atoms with Crippen molar-refractivity contribution >= 4 is 18.3 Å². The molecule has 1 rings (SSSR count). The summed E-state index contributed by atoms with van der Waals surface area (Å²) >= 11 is 0. The number of nitrogens with two attached hydrogens (primary N) is 2. The fraction of sp³-hybridized carbons (Fsp3) is 0.300. The van der Waals surface area contributed by atoms with Crippen LogP contribution in [0.15, 0.2) is 18.2 Å². The third kappa shape index (κ3) is 3.77. The number of carbonyl (C=O) groups excluding carboxylic acids is 1. The molecule has 1 amide bonds. The van der Waals surface area contributed by atoms with Crippen molar-refractivity contribution in [3.8, 4) is 0 Å². The topological polar surface area (TPSA) is 89.3 Å². The lowest BCUT2D eigenvalue weighted by Crippen LogP contribution is -2.28. The van der Waals surface area contributed by atoms with Crippen molar-refractivity contribution < 1.29 is 14.3 Å². The molecule has 90 valence electrons. The third-order valence-corrected chi connectivity index (χ3v) is 2.05. The molecule has 0 fully saturated rings. The Morgan fingerprint density at radius 2 is 2.12 bits per heavy atom. The minimum absolute atomic E-state index is 0. The highest BCUT2D eigenvalue weighted by atomic mass is 35.5. The fourth-order valence-corrected chi connectivity index (χ4v) is 1.30. The lowest BCUT2D eigenvalue weighted by Gasteiger charge is -2.10. The molecular weight excluding hydrogens is 235 g/mol. The molecular formula is C10H14ClFN2O2. The van der Waals surface area contributed by atoms with E-state index < -0.39 is 17.8 Å². The predicted octanol–water partition coefficient (Wildman–Crippen LogP) is 0.209. The van der Waals surface area contributed by atoms with Gasteiger partial charge in [-0.15, -0.1) is 12.4 Å². The highest BCUT2D eigenvalue weighted by Crippen LogP contribution is 2.12. The lowest BCUT2D eigenvalue weighted by atomic mass is 10.0. The number of rotatable bonds is 4. The van der Waals surface area contributed by atoms with Crippen LogP contribution >= 0.6 is 12.4 Å². The Morgan fingerprint density at radius 3 is 2.62 bits per heavy atom. The monoisotopic (exact) mass is 248 g/mol. The van der Waals surface area contributed by atoms with E-state index in [0.717, 1.165) is 6.07 Å². The smallest absolute Gasteiger partial charge is 0.249 e. The minimum Gasteiger partial charge on any atom is -0.395 e. The Morgan fingerprint density at radius 1 is 1.50 bits per heavy atom. The zero-order valence-electron chi connectivity index (χ0n) is 8.52. The van der Waals surface area contributed by atoms with E-state index in [-0.39, 0.29) is 31.0 Å². The molecule has 6 heteroatoms. The van der Waals surface area contributed by atoms with Crippen LogP contribution in [-0.2, 0) is 6.42 Å². The van der Waals surface area contributed by atoms with Crippen molar-refractivity contribution in [1.29, 1.82) is 0 Å². The Balaban J connectivity index is 0.00000225. The number of amides is 1. The maximum atomic E-state index is 12.8. The molecule has 0 bridgehead atoms. The van der Waals surface area contributed by atoms with E-state index in [1.54, 1.807) is 0 Å². The van der Waals surface area contributed by atoms with Gasteiger partial charge in [-0.05, 0) is 24.1 Å². The van der Waals surface area contributed by atoms with Crippen LogP contribution in [0.25, 0.3) is 0 Å². The van der Waals surface area contributed by atoms with Gasteiger partial charge in [0.2, 0.25) is 5.91 Å². The van der Waals surface area contributed by atoms with Crippen LogP contribution in [0.4, 0.5) is 4.39 Å². The first-order valence-corrected chi connectivity index (χ1v) is 4.49. The van der Waals surface area contributed by atoms with E-state index in [1.807, 2.05) is 0 Å². The van der Waals surface area contributed by atoms with Crippen molar-refractivity contribution in [1.82, 2.24) is 0 Å². The Labute approximate surface area is 98.8 Å². The van der Waals surface area contributed by atoms with Gasteiger partial charge in [-0.1, -0.05) is 6.07 Å². The molecule has 0 unspecified atom stereocenters. The number of carbonyl (C=O) groups is 1. The maximum absolute atomic E-state index is 12.8. The third-order valence-electron chi connectivity index (χ3n) is 2.05. The van der Waals surface area contributed by atoms with Crippen molar-refractivity contribution in [2.24, 2.45) is 11.5 Å². The van der Waals surface area contributed by atoms with E-state index in [1.165, 1.54) is 12.1 Å². The van der Waals surface area contributed by atoms with E-state index in [0.29, 0.717) is 5.56 Å². The summed E-state index contributed by atoms with van der Waals surface area (Å²) in [5.74, 6) is -1.22. The van der Waals surface area contributed by atoms with Gasteiger partial charge in [0.25, 0.3) is 0 Å². The Hall–Kier alpha value is -1.17. The summed E-state index contributed by atoms with van der Waals surface area (Å²) in [7, 11) is 0. The van der Waals surface area contributed by atoms with Crippen LogP contribution in [0.5, 0.6) is 0 Å². The summed E-state index contributed by atoms with van der Waals surface area (Å²) in [5, 5.41) is 8.76. The molecule has 1 atom stereocenters. The van der Waals surface area contributed by atoms with Gasteiger partial charge in [0.15, 0.2) is 0 Å². The van der Waals surface area contributed by atoms with Gasteiger partial charge in [-0.2, -0.15) is 0 Å². The molecule has 0 saturated heterocycles. The largest absolute Gasteiger partial charge is 0.395 e. The van der Waals surface area contributed by atoms with E-state index in [4.69, 9.17) is 16.6 Å². The molecule has 16 heavy (non-hydrogen) atoms. The molecule has 4 nitrogen and oxygen atoms in total. The highest BCUT2D eigenvalue weighted by molar-refractivity contribution is 5.94. The standard InChI is InChI=1S/C10H13FN2O2.ClH/c11-7-2-1-6(3-8(12)5-14)9(4-7)10(13)15;/h1-2,4,8,14H,3,5,12H2,(H2,13,15);1H/t8-;/m0./s1. The number of primary amides is 1. The van der Waals surface area contributed by atoms with Gasteiger partial charge < -0.3 is 16.6 Å². The highest BCUT2D eigenvalue weighted by Gasteiger charge is 2.12. The van der Waals surface area contributed by atoms with Gasteiger partial charge in [0.1, 0.15) is 5.82 Å². The number of aliphatic hydroxyl groups excluding tert-OH is 1. The molecule has 0 spiro atoms. The van der Waals surface area contributed by atoms with Crippen molar-refractivity contribution in [2.45, 2.75) is 12.5 Å². The first-order chi connectivity index (χ1) is 7.04. The fourth-order valence-electron chi connectivity index (χ4n) is 1.30. The Kier molecular flexibility index (Phi) is 5.95. The van der Waals surface area contributed by atoms with Gasteiger partial charge in [-0.25, -0.2) is 4.39 Å². The summed E-state index contributed by atoms with van der Waals surface area (Å²) in [5.41, 5.74) is 11.3. The zero-order chi connectivity index (χ0) is 11.4. The number of benzene rings is 1. The van der Waals surface area contributed by atoms with E-state index in [2.05, 4.69) is 0 Å². The minimum atomic E-state index is -0.699. The molecule has 0 heterocycles. The second-order valence-corrected chi connectivity index (χ2v) is 3.31. The van der Waals surface area contributed by atoms with Gasteiger partial charge in [0.05, 0.1) is 6.61 Å². The van der Waals surface area contributed by atoms with Crippen LogP contribution in [-0.4, -0.2) is 23.7 Å².